The molecule has 24 nitrogen and oxygen atoms in total. The largest absolute Gasteiger partial charge is 0.393 e. The number of fused-ring (bicyclic) bond motifs is 2. The second-order valence-corrected chi connectivity index (χ2v) is 33.1. The number of hydrogen-bond donors (Lipinski definition) is 3. The van der Waals surface area contributed by atoms with Crippen molar-refractivity contribution >= 4 is 94.1 Å². The van der Waals surface area contributed by atoms with Crippen LogP contribution in [0.3, 0.4) is 0 Å². The predicted molar refractivity (Wildman–Crippen MR) is 382 cm³/mol. The van der Waals surface area contributed by atoms with Crippen molar-refractivity contribution in [2.24, 2.45) is 35.5 Å². The van der Waals surface area contributed by atoms with E-state index in [1.54, 1.807) is 11.8 Å². The normalized spacial score (nSPS) is 32.6. The third-order valence-corrected chi connectivity index (χ3v) is 25.5. The SMILES string of the molecule is CC[C@H](C)[C@@H]1NC(=O)[C@H](CC(C)C)N(C)C(=O)C[C@@H](C(=O)N2CCCCC2)N(C)C(=O)[C@H](C2CCCC2)N(C)C(=O)C2(CCCC2)NC(=O)[C@@H]2CCCN2C(=O)[C@H](CCC2CCC(C(F)(F)F)C(Cl)C2)NC(=O)CN(C)C(=O)[C@H](CC2CCC(Cl)CC2)N(C)C(=O)[C@@H]2CCN2C(=O)[C@H](C)N(C)C1=O. The summed E-state index contributed by atoms with van der Waals surface area (Å²) in [6.45, 7) is 9.28. The van der Waals surface area contributed by atoms with Gasteiger partial charge in [-0.25, -0.2) is 0 Å². The van der Waals surface area contributed by atoms with Crippen LogP contribution in [0, 0.1) is 35.5 Å². The fourth-order valence-electron chi connectivity index (χ4n) is 17.5. The number of piperidine rings is 1. The molecule has 1 spiro atoms. The number of likely N-dealkylation sites (tertiary alicyclic amines) is 1. The molecule has 0 aromatic rings. The van der Waals surface area contributed by atoms with Crippen LogP contribution in [0.4, 0.5) is 13.2 Å². The molecule has 4 heterocycles. The van der Waals surface area contributed by atoms with Crippen LogP contribution in [0.1, 0.15) is 208 Å². The van der Waals surface area contributed by atoms with Crippen LogP contribution in [0.5, 0.6) is 0 Å². The van der Waals surface area contributed by atoms with Crippen molar-refractivity contribution in [3.8, 4) is 0 Å². The van der Waals surface area contributed by atoms with Gasteiger partial charge in [-0.2, -0.15) is 13.2 Å². The van der Waals surface area contributed by atoms with E-state index in [-0.39, 0.29) is 113 Å². The molecular formula is C74H117Cl2F3N12O12. The zero-order chi connectivity index (χ0) is 75.7. The molecule has 4 saturated heterocycles. The van der Waals surface area contributed by atoms with Crippen molar-refractivity contribution in [1.82, 2.24) is 60.0 Å². The maximum atomic E-state index is 15.8. The highest BCUT2D eigenvalue weighted by atomic mass is 35.5. The molecule has 0 aromatic carbocycles. The van der Waals surface area contributed by atoms with Gasteiger partial charge in [0.1, 0.15) is 59.9 Å². The quantitative estimate of drug-likeness (QED) is 0.179. The Morgan fingerprint density at radius 1 is 0.592 bits per heavy atom. The van der Waals surface area contributed by atoms with Gasteiger partial charge in [0, 0.05) is 79.2 Å². The van der Waals surface area contributed by atoms with E-state index in [0.717, 1.165) is 19.3 Å². The molecule has 580 valence electrons. The second-order valence-electron chi connectivity index (χ2n) is 32.0. The van der Waals surface area contributed by atoms with Crippen molar-refractivity contribution in [2.45, 2.75) is 285 Å². The topological polar surface area (TPSA) is 270 Å². The highest BCUT2D eigenvalue weighted by Crippen LogP contribution is 2.44. The molecule has 0 bridgehead atoms. The van der Waals surface area contributed by atoms with E-state index in [1.165, 1.54) is 88.4 Å². The zero-order valence-electron chi connectivity index (χ0n) is 62.8. The van der Waals surface area contributed by atoms with Gasteiger partial charge in [-0.3, -0.25) is 57.5 Å². The third-order valence-electron chi connectivity index (χ3n) is 24.5. The van der Waals surface area contributed by atoms with Gasteiger partial charge in [-0.15, -0.1) is 23.2 Å². The van der Waals surface area contributed by atoms with E-state index in [4.69, 9.17) is 23.2 Å². The highest BCUT2D eigenvalue weighted by molar-refractivity contribution is 6.21. The van der Waals surface area contributed by atoms with Gasteiger partial charge in [0.25, 0.3) is 0 Å². The van der Waals surface area contributed by atoms with E-state index in [1.807, 2.05) is 20.8 Å². The summed E-state index contributed by atoms with van der Waals surface area (Å²) in [5.41, 5.74) is -1.55. The average molecular weight is 1490 g/mol. The summed E-state index contributed by atoms with van der Waals surface area (Å²) in [7, 11) is 8.77. The minimum atomic E-state index is -4.51. The molecule has 4 saturated carbocycles. The van der Waals surface area contributed by atoms with Gasteiger partial charge in [0.2, 0.25) is 70.9 Å². The summed E-state index contributed by atoms with van der Waals surface area (Å²) in [5, 5.41) is 7.60. The molecule has 13 atom stereocenters. The number of halogens is 5. The maximum Gasteiger partial charge on any atom is 0.393 e. The number of carbonyl (C=O) groups excluding carboxylic acids is 12. The van der Waals surface area contributed by atoms with Gasteiger partial charge < -0.3 is 60.0 Å². The second kappa shape index (κ2) is 36.1. The molecule has 8 fully saturated rings. The summed E-state index contributed by atoms with van der Waals surface area (Å²) in [6.07, 6.45) is 5.39. The van der Waals surface area contributed by atoms with Crippen molar-refractivity contribution in [1.29, 1.82) is 0 Å². The van der Waals surface area contributed by atoms with Crippen LogP contribution in [0.25, 0.3) is 0 Å². The van der Waals surface area contributed by atoms with Crippen LogP contribution in [-0.2, 0) is 57.5 Å². The standard InChI is InChI=1S/C74H117Cl2F3N12O12/c1-12-45(4)61-70(101)84(7)46(5)65(96)91-38-32-55(91)68(99)86(9)57(41-48-24-28-50(75)29-25-48)67(98)83(6)43-59(92)80-53(31-27-47-26-30-51(52(76)40-47)74(77,78)79)66(97)90-37-20-23-54(90)64(95)82-73(33-16-17-34-73)72(103)88(11)62(49-21-14-15-22-49)71(102)87(10)58(69(100)89-35-18-13-19-36-89)42-60(93)85(8)56(39-44(2)3)63(94)81-61/h44-58,61-62H,12-43H2,1-11H3,(H,80,92)(H,81,94)(H,82,95)/t45-,46-,47?,48?,50?,51?,52?,53-,54-,55-,56-,57-,58-,61-,62-/m0/s1. The van der Waals surface area contributed by atoms with E-state index in [2.05, 4.69) is 16.0 Å². The van der Waals surface area contributed by atoms with Crippen molar-refractivity contribution < 1.29 is 70.7 Å². The number of carbonyl (C=O) groups is 12. The highest BCUT2D eigenvalue weighted by Gasteiger charge is 2.53. The molecule has 4 aliphatic carbocycles. The van der Waals surface area contributed by atoms with Crippen LogP contribution < -0.4 is 16.0 Å². The Balaban J connectivity index is 1.17. The summed E-state index contributed by atoms with van der Waals surface area (Å²) in [6, 6.07) is -10.8. The molecule has 8 rings (SSSR count). The molecule has 3 unspecified atom stereocenters. The Hall–Kier alpha value is -5.99. The van der Waals surface area contributed by atoms with Gasteiger partial charge in [-0.1, -0.05) is 59.8 Å². The Morgan fingerprint density at radius 2 is 1.22 bits per heavy atom. The number of hydrogen-bond acceptors (Lipinski definition) is 12. The monoisotopic (exact) mass is 1490 g/mol. The number of likely N-dealkylation sites (N-methyl/N-ethyl adjacent to an activating group) is 6. The Labute approximate surface area is 617 Å². The number of nitrogens with zero attached hydrogens (tertiary/aromatic N) is 9. The summed E-state index contributed by atoms with van der Waals surface area (Å²) in [4.78, 5) is 194. The number of alkyl halides is 5. The van der Waals surface area contributed by atoms with Crippen LogP contribution in [-0.4, -0.2) is 267 Å². The van der Waals surface area contributed by atoms with E-state index < -0.39 is 167 Å². The lowest BCUT2D eigenvalue weighted by molar-refractivity contribution is -0.182. The lowest BCUT2D eigenvalue weighted by atomic mass is 9.78. The minimum Gasteiger partial charge on any atom is -0.343 e. The minimum absolute atomic E-state index is 0.00343. The van der Waals surface area contributed by atoms with Gasteiger partial charge >= 0.3 is 6.18 Å². The van der Waals surface area contributed by atoms with Gasteiger partial charge in [0.05, 0.1) is 18.9 Å². The first-order chi connectivity index (χ1) is 48.6. The van der Waals surface area contributed by atoms with Crippen LogP contribution in [0.2, 0.25) is 0 Å². The fourth-order valence-corrected chi connectivity index (χ4v) is 18.3. The Bertz CT molecular complexity index is 3050. The Morgan fingerprint density at radius 3 is 1.82 bits per heavy atom. The van der Waals surface area contributed by atoms with E-state index in [9.17, 15) is 32.3 Å². The molecule has 4 aliphatic heterocycles. The first-order valence-electron chi connectivity index (χ1n) is 38.3. The predicted octanol–water partition coefficient (Wildman–Crippen LogP) is 6.84. The number of amides is 12. The van der Waals surface area contributed by atoms with Crippen LogP contribution in [0.15, 0.2) is 0 Å². The fraction of sp³-hybridized carbons (Fsp3) is 0.838. The summed E-state index contributed by atoms with van der Waals surface area (Å²) in [5.74, 6) is -10.5. The smallest absolute Gasteiger partial charge is 0.343 e. The van der Waals surface area contributed by atoms with Crippen molar-refractivity contribution in [2.75, 3.05) is 75.0 Å². The lowest BCUT2D eigenvalue weighted by Crippen LogP contribution is -2.65. The number of rotatable bonds is 11. The maximum absolute atomic E-state index is 15.8. The third kappa shape index (κ3) is 19.6. The Kier molecular flexibility index (Phi) is 28.9. The van der Waals surface area contributed by atoms with E-state index in [0.29, 0.717) is 90.1 Å². The summed E-state index contributed by atoms with van der Waals surface area (Å²) < 4.78 is 42.2. The zero-order valence-corrected chi connectivity index (χ0v) is 64.3. The first kappa shape index (κ1) is 82.7. The van der Waals surface area contributed by atoms with E-state index >= 15 is 38.4 Å². The lowest BCUT2D eigenvalue weighted by Gasteiger charge is -2.45. The van der Waals surface area contributed by atoms with Crippen molar-refractivity contribution in [3.05, 3.63) is 0 Å². The number of nitrogens with one attached hydrogen (secondary N) is 3. The average Bonchev–Trinajstić information content (AvgIpc) is 1.41. The summed E-state index contributed by atoms with van der Waals surface area (Å²) >= 11 is 13.0. The molecule has 0 aromatic heterocycles. The van der Waals surface area contributed by atoms with Gasteiger partial charge in [0.15, 0.2) is 0 Å². The molecule has 8 aliphatic rings. The molecule has 103 heavy (non-hydrogen) atoms. The molecule has 3 N–H and O–H groups in total. The molecule has 29 heteroatoms. The molecular weight excluding hydrogens is 1380 g/mol. The molecule has 12 amide bonds. The van der Waals surface area contributed by atoms with Crippen molar-refractivity contribution in [3.63, 3.8) is 0 Å². The first-order valence-corrected chi connectivity index (χ1v) is 39.2. The molecule has 0 radical (unpaired) electrons. The van der Waals surface area contributed by atoms with Gasteiger partial charge in [-0.05, 0) is 171 Å². The van der Waals surface area contributed by atoms with Crippen LogP contribution >= 0.6 is 23.2 Å².